The zero-order valence-electron chi connectivity index (χ0n) is 13.3. The maximum Gasteiger partial charge on any atom is 0.158 e. The molecule has 0 aliphatic rings. The second-order valence-electron chi connectivity index (χ2n) is 5.03. The summed E-state index contributed by atoms with van der Waals surface area (Å²) in [4.78, 5) is 8.84. The van der Waals surface area contributed by atoms with Gasteiger partial charge in [-0.25, -0.2) is 9.97 Å². The number of rotatable bonds is 10. The lowest BCUT2D eigenvalue weighted by atomic mass is 10.2. The van der Waals surface area contributed by atoms with Crippen molar-refractivity contribution in [3.63, 3.8) is 0 Å². The summed E-state index contributed by atoms with van der Waals surface area (Å²) in [6, 6.07) is 2.10. The fraction of sp³-hybridized carbons (Fsp3) is 0.714. The summed E-state index contributed by atoms with van der Waals surface area (Å²) >= 11 is 0. The van der Waals surface area contributed by atoms with Crippen LogP contribution in [0, 0.1) is 0 Å². The minimum absolute atomic E-state index is 0.207. The predicted molar refractivity (Wildman–Crippen MR) is 88.2 cm³/mol. The Hall–Kier alpha value is -1.21. The first-order valence-electron chi connectivity index (χ1n) is 7.22. The van der Waals surface area contributed by atoms with Crippen molar-refractivity contribution < 1.29 is 8.95 Å². The lowest BCUT2D eigenvalue weighted by Crippen LogP contribution is -2.19. The molecule has 2 N–H and O–H groups in total. The Balaban J connectivity index is 2.73. The molecule has 0 bridgehead atoms. The SMILES string of the molecule is CCCNc1cc(NC(C)CCS(C)=O)nc(COC)n1. The van der Waals surface area contributed by atoms with E-state index >= 15 is 0 Å². The van der Waals surface area contributed by atoms with Crippen molar-refractivity contribution in [1.82, 2.24) is 9.97 Å². The average Bonchev–Trinajstić information content (AvgIpc) is 2.43. The summed E-state index contributed by atoms with van der Waals surface area (Å²) in [5.74, 6) is 2.90. The van der Waals surface area contributed by atoms with E-state index in [-0.39, 0.29) is 6.04 Å². The van der Waals surface area contributed by atoms with Crippen molar-refractivity contribution in [2.24, 2.45) is 0 Å². The summed E-state index contributed by atoms with van der Waals surface area (Å²) in [7, 11) is 0.861. The van der Waals surface area contributed by atoms with E-state index in [1.807, 2.05) is 6.07 Å². The Morgan fingerprint density at radius 2 is 2.10 bits per heavy atom. The largest absolute Gasteiger partial charge is 0.377 e. The van der Waals surface area contributed by atoms with Gasteiger partial charge in [0.2, 0.25) is 0 Å². The maximum absolute atomic E-state index is 11.1. The van der Waals surface area contributed by atoms with Crippen molar-refractivity contribution in [3.05, 3.63) is 11.9 Å². The molecule has 1 aromatic heterocycles. The molecule has 2 atom stereocenters. The van der Waals surface area contributed by atoms with E-state index in [4.69, 9.17) is 4.74 Å². The van der Waals surface area contributed by atoms with E-state index in [0.717, 1.165) is 31.0 Å². The Labute approximate surface area is 129 Å². The predicted octanol–water partition coefficient (Wildman–Crippen LogP) is 2.01. The molecule has 0 aromatic carbocycles. The van der Waals surface area contributed by atoms with Crippen LogP contribution in [-0.4, -0.2) is 45.9 Å². The van der Waals surface area contributed by atoms with Crippen LogP contribution >= 0.6 is 0 Å². The van der Waals surface area contributed by atoms with Crippen molar-refractivity contribution in [3.8, 4) is 0 Å². The van der Waals surface area contributed by atoms with E-state index in [1.165, 1.54) is 0 Å². The molecular formula is C14H26N4O2S. The Kier molecular flexibility index (Phi) is 8.22. The van der Waals surface area contributed by atoms with E-state index in [2.05, 4.69) is 34.4 Å². The highest BCUT2D eigenvalue weighted by molar-refractivity contribution is 7.84. The van der Waals surface area contributed by atoms with Crippen LogP contribution in [0.2, 0.25) is 0 Å². The normalized spacial score (nSPS) is 13.7. The van der Waals surface area contributed by atoms with E-state index in [9.17, 15) is 4.21 Å². The molecule has 0 saturated carbocycles. The number of ether oxygens (including phenoxy) is 1. The first-order chi connectivity index (χ1) is 10.0. The summed E-state index contributed by atoms with van der Waals surface area (Å²) in [6.07, 6.45) is 3.59. The topological polar surface area (TPSA) is 76.1 Å². The fourth-order valence-electron chi connectivity index (χ4n) is 1.78. The Morgan fingerprint density at radius 3 is 2.71 bits per heavy atom. The molecule has 21 heavy (non-hydrogen) atoms. The van der Waals surface area contributed by atoms with Gasteiger partial charge in [-0.3, -0.25) is 4.21 Å². The second kappa shape index (κ2) is 9.68. The van der Waals surface area contributed by atoms with Crippen LogP contribution in [-0.2, 0) is 22.1 Å². The van der Waals surface area contributed by atoms with Gasteiger partial charge in [0, 0.05) is 48.6 Å². The smallest absolute Gasteiger partial charge is 0.158 e. The molecule has 2 unspecified atom stereocenters. The van der Waals surface area contributed by atoms with E-state index in [0.29, 0.717) is 18.2 Å². The van der Waals surface area contributed by atoms with Crippen molar-refractivity contribution >= 4 is 22.4 Å². The monoisotopic (exact) mass is 314 g/mol. The fourth-order valence-corrected chi connectivity index (χ4v) is 2.46. The van der Waals surface area contributed by atoms with Gasteiger partial charge in [0.25, 0.3) is 0 Å². The Morgan fingerprint density at radius 1 is 1.38 bits per heavy atom. The van der Waals surface area contributed by atoms with Crippen LogP contribution in [0.3, 0.4) is 0 Å². The minimum atomic E-state index is -0.765. The standard InChI is InChI=1S/C14H26N4O2S/c1-5-7-15-12-9-13(18-14(17-12)10-20-3)16-11(2)6-8-21(4)19/h9,11H,5-8,10H2,1-4H3,(H2,15,16,17,18). The molecule has 120 valence electrons. The molecule has 0 radical (unpaired) electrons. The van der Waals surface area contributed by atoms with Gasteiger partial charge in [0.15, 0.2) is 5.82 Å². The summed E-state index contributed by atoms with van der Waals surface area (Å²) in [6.45, 7) is 5.41. The molecule has 6 nitrogen and oxygen atoms in total. The molecule has 0 spiro atoms. The number of nitrogens with zero attached hydrogens (tertiary/aromatic N) is 2. The minimum Gasteiger partial charge on any atom is -0.377 e. The van der Waals surface area contributed by atoms with Crippen LogP contribution in [0.4, 0.5) is 11.6 Å². The van der Waals surface area contributed by atoms with Gasteiger partial charge in [-0.1, -0.05) is 6.92 Å². The van der Waals surface area contributed by atoms with Crippen LogP contribution < -0.4 is 10.6 Å². The second-order valence-corrected chi connectivity index (χ2v) is 6.58. The number of aromatic nitrogens is 2. The van der Waals surface area contributed by atoms with Gasteiger partial charge in [-0.05, 0) is 19.8 Å². The van der Waals surface area contributed by atoms with Crippen LogP contribution in [0.15, 0.2) is 6.07 Å². The lowest BCUT2D eigenvalue weighted by molar-refractivity contribution is 0.178. The van der Waals surface area contributed by atoms with Crippen molar-refractivity contribution in [2.45, 2.75) is 39.3 Å². The molecule has 1 heterocycles. The highest BCUT2D eigenvalue weighted by Gasteiger charge is 2.08. The highest BCUT2D eigenvalue weighted by atomic mass is 32.2. The van der Waals surface area contributed by atoms with Gasteiger partial charge in [0.05, 0.1) is 0 Å². The van der Waals surface area contributed by atoms with Gasteiger partial charge >= 0.3 is 0 Å². The molecule has 0 saturated heterocycles. The summed E-state index contributed by atoms with van der Waals surface area (Å²) in [5, 5.41) is 6.59. The lowest BCUT2D eigenvalue weighted by Gasteiger charge is -2.15. The summed E-state index contributed by atoms with van der Waals surface area (Å²) in [5.41, 5.74) is 0. The maximum atomic E-state index is 11.1. The third kappa shape index (κ3) is 7.38. The molecular weight excluding hydrogens is 288 g/mol. The molecule has 0 fully saturated rings. The first kappa shape index (κ1) is 17.8. The first-order valence-corrected chi connectivity index (χ1v) is 8.95. The zero-order chi connectivity index (χ0) is 15.7. The third-order valence-corrected chi connectivity index (χ3v) is 3.65. The number of nitrogens with one attached hydrogen (secondary N) is 2. The number of hydrogen-bond acceptors (Lipinski definition) is 6. The molecule has 0 aliphatic carbocycles. The van der Waals surface area contributed by atoms with Crippen LogP contribution in [0.5, 0.6) is 0 Å². The quantitative estimate of drug-likeness (QED) is 0.688. The molecule has 0 aliphatic heterocycles. The van der Waals surface area contributed by atoms with Gasteiger partial charge in [-0.2, -0.15) is 0 Å². The third-order valence-electron chi connectivity index (χ3n) is 2.83. The molecule has 1 aromatic rings. The number of anilines is 2. The molecule has 0 amide bonds. The van der Waals surface area contributed by atoms with Gasteiger partial charge in [-0.15, -0.1) is 0 Å². The number of methoxy groups -OCH3 is 1. The van der Waals surface area contributed by atoms with E-state index in [1.54, 1.807) is 13.4 Å². The van der Waals surface area contributed by atoms with E-state index < -0.39 is 10.8 Å². The molecule has 1 rings (SSSR count). The van der Waals surface area contributed by atoms with Crippen LogP contribution in [0.25, 0.3) is 0 Å². The highest BCUT2D eigenvalue weighted by Crippen LogP contribution is 2.14. The molecule has 7 heteroatoms. The Bertz CT molecular complexity index is 457. The van der Waals surface area contributed by atoms with Gasteiger partial charge in [0.1, 0.15) is 18.2 Å². The van der Waals surface area contributed by atoms with Crippen molar-refractivity contribution in [1.29, 1.82) is 0 Å². The van der Waals surface area contributed by atoms with Crippen LogP contribution in [0.1, 0.15) is 32.5 Å². The number of hydrogen-bond donors (Lipinski definition) is 2. The van der Waals surface area contributed by atoms with Gasteiger partial charge < -0.3 is 15.4 Å². The zero-order valence-corrected chi connectivity index (χ0v) is 14.1. The van der Waals surface area contributed by atoms with Crippen molar-refractivity contribution in [2.75, 3.05) is 36.3 Å². The average molecular weight is 314 g/mol. The summed E-state index contributed by atoms with van der Waals surface area (Å²) < 4.78 is 16.2.